The molecule has 1 saturated heterocycles. The van der Waals surface area contributed by atoms with Crippen molar-refractivity contribution in [2.75, 3.05) is 19.6 Å². The number of carbonyl (C=O) groups excluding carboxylic acids is 1. The van der Waals surface area contributed by atoms with Crippen LogP contribution in [-0.4, -0.2) is 36.5 Å². The monoisotopic (exact) mass is 331 g/mol. The van der Waals surface area contributed by atoms with Crippen LogP contribution in [0.2, 0.25) is 0 Å². The van der Waals surface area contributed by atoms with Gasteiger partial charge in [0.2, 0.25) is 5.91 Å². The molecular formula is C12H18BrN3OS. The molecule has 4 nitrogen and oxygen atoms in total. The fourth-order valence-electron chi connectivity index (χ4n) is 2.45. The van der Waals surface area contributed by atoms with Gasteiger partial charge in [-0.25, -0.2) is 0 Å². The Balaban J connectivity index is 2.23. The van der Waals surface area contributed by atoms with Crippen LogP contribution in [0.5, 0.6) is 0 Å². The summed E-state index contributed by atoms with van der Waals surface area (Å²) in [5.74, 6) is 0.123. The van der Waals surface area contributed by atoms with Crippen molar-refractivity contribution in [3.8, 4) is 0 Å². The summed E-state index contributed by atoms with van der Waals surface area (Å²) in [6, 6.07) is 4.20. The molecule has 1 aliphatic heterocycles. The summed E-state index contributed by atoms with van der Waals surface area (Å²) in [6.45, 7) is 4.15. The Bertz CT molecular complexity index is 423. The summed E-state index contributed by atoms with van der Waals surface area (Å²) < 4.78 is 1.10. The predicted molar refractivity (Wildman–Crippen MR) is 77.6 cm³/mol. The van der Waals surface area contributed by atoms with Gasteiger partial charge in [-0.15, -0.1) is 11.3 Å². The number of rotatable bonds is 4. The molecule has 18 heavy (non-hydrogen) atoms. The maximum atomic E-state index is 11.9. The van der Waals surface area contributed by atoms with Crippen LogP contribution in [0.4, 0.5) is 0 Å². The maximum Gasteiger partial charge on any atom is 0.237 e. The summed E-state index contributed by atoms with van der Waals surface area (Å²) >= 11 is 5.17. The van der Waals surface area contributed by atoms with Crippen LogP contribution in [0.3, 0.4) is 0 Å². The Morgan fingerprint density at radius 3 is 3.00 bits per heavy atom. The van der Waals surface area contributed by atoms with Crippen molar-refractivity contribution in [1.82, 2.24) is 10.2 Å². The number of amides is 1. The van der Waals surface area contributed by atoms with Gasteiger partial charge in [0.15, 0.2) is 0 Å². The minimum atomic E-state index is -0.0619. The number of hydrogen-bond donors (Lipinski definition) is 2. The molecular weight excluding hydrogens is 314 g/mol. The molecule has 2 heterocycles. The highest BCUT2D eigenvalue weighted by Crippen LogP contribution is 2.32. The van der Waals surface area contributed by atoms with E-state index in [0.29, 0.717) is 13.1 Å². The molecule has 1 aromatic rings. The van der Waals surface area contributed by atoms with Gasteiger partial charge in [0.1, 0.15) is 0 Å². The summed E-state index contributed by atoms with van der Waals surface area (Å²) in [7, 11) is 0. The van der Waals surface area contributed by atoms with E-state index in [0.717, 1.165) is 16.8 Å². The second-order valence-corrected chi connectivity index (χ2v) is 6.84. The number of piperazine rings is 1. The van der Waals surface area contributed by atoms with Gasteiger partial charge in [0.05, 0.1) is 15.9 Å². The van der Waals surface area contributed by atoms with E-state index < -0.39 is 0 Å². The number of carbonyl (C=O) groups is 1. The van der Waals surface area contributed by atoms with Crippen LogP contribution < -0.4 is 11.1 Å². The minimum absolute atomic E-state index is 0.0619. The number of nitrogens with two attached hydrogens (primary N) is 1. The quantitative estimate of drug-likeness (QED) is 0.883. The molecule has 6 heteroatoms. The van der Waals surface area contributed by atoms with Crippen LogP contribution in [0.25, 0.3) is 0 Å². The maximum absolute atomic E-state index is 11.9. The lowest BCUT2D eigenvalue weighted by Gasteiger charge is -2.39. The molecule has 1 fully saturated rings. The molecule has 0 saturated carbocycles. The molecule has 1 aromatic heterocycles. The molecule has 0 radical (unpaired) electrons. The molecule has 2 atom stereocenters. The van der Waals surface area contributed by atoms with Gasteiger partial charge in [-0.05, 0) is 34.5 Å². The topological polar surface area (TPSA) is 58.4 Å². The van der Waals surface area contributed by atoms with Gasteiger partial charge in [0.25, 0.3) is 0 Å². The number of nitrogens with one attached hydrogen (secondary N) is 1. The number of thiophene rings is 1. The van der Waals surface area contributed by atoms with Gasteiger partial charge >= 0.3 is 0 Å². The summed E-state index contributed by atoms with van der Waals surface area (Å²) in [4.78, 5) is 15.3. The lowest BCUT2D eigenvalue weighted by Crippen LogP contribution is -2.56. The largest absolute Gasteiger partial charge is 0.353 e. The van der Waals surface area contributed by atoms with Crippen LogP contribution in [0.15, 0.2) is 15.9 Å². The Morgan fingerprint density at radius 2 is 2.44 bits per heavy atom. The average molecular weight is 332 g/mol. The SMILES string of the molecule is CCC1C(=O)NCCN1C(CN)c1ccc(Br)s1. The molecule has 0 spiro atoms. The van der Waals surface area contributed by atoms with Crippen LogP contribution in [0, 0.1) is 0 Å². The van der Waals surface area contributed by atoms with Crippen molar-refractivity contribution in [3.63, 3.8) is 0 Å². The molecule has 100 valence electrons. The molecule has 1 amide bonds. The summed E-state index contributed by atoms with van der Waals surface area (Å²) in [5, 5.41) is 2.92. The number of nitrogens with zero attached hydrogens (tertiary/aromatic N) is 1. The molecule has 3 N–H and O–H groups in total. The number of halogens is 1. The highest BCUT2D eigenvalue weighted by Gasteiger charge is 2.33. The zero-order valence-corrected chi connectivity index (χ0v) is 12.8. The Labute approximate surface area is 120 Å². The van der Waals surface area contributed by atoms with E-state index in [4.69, 9.17) is 5.73 Å². The second kappa shape index (κ2) is 6.14. The van der Waals surface area contributed by atoms with E-state index in [9.17, 15) is 4.79 Å². The van der Waals surface area contributed by atoms with Crippen molar-refractivity contribution in [2.24, 2.45) is 5.73 Å². The van der Waals surface area contributed by atoms with Gasteiger partial charge in [0, 0.05) is 24.5 Å². The summed E-state index contributed by atoms with van der Waals surface area (Å²) in [6.07, 6.45) is 0.814. The average Bonchev–Trinajstić information content (AvgIpc) is 2.77. The van der Waals surface area contributed by atoms with E-state index in [1.165, 1.54) is 4.88 Å². The molecule has 2 unspecified atom stereocenters. The predicted octanol–water partition coefficient (Wildman–Crippen LogP) is 1.72. The first-order valence-electron chi connectivity index (χ1n) is 6.16. The molecule has 1 aliphatic rings. The lowest BCUT2D eigenvalue weighted by atomic mass is 10.1. The molecule has 0 aromatic carbocycles. The third kappa shape index (κ3) is 2.77. The van der Waals surface area contributed by atoms with Crippen molar-refractivity contribution in [1.29, 1.82) is 0 Å². The number of hydrogen-bond acceptors (Lipinski definition) is 4. The van der Waals surface area contributed by atoms with E-state index in [2.05, 4.69) is 32.2 Å². The van der Waals surface area contributed by atoms with E-state index in [-0.39, 0.29) is 18.0 Å². The molecule has 0 bridgehead atoms. The fourth-order valence-corrected chi connectivity index (χ4v) is 4.01. The zero-order valence-electron chi connectivity index (χ0n) is 10.4. The van der Waals surface area contributed by atoms with Crippen molar-refractivity contribution >= 4 is 33.2 Å². The van der Waals surface area contributed by atoms with Crippen LogP contribution in [0.1, 0.15) is 24.3 Å². The fraction of sp³-hybridized carbons (Fsp3) is 0.583. The van der Waals surface area contributed by atoms with Gasteiger partial charge in [-0.2, -0.15) is 0 Å². The van der Waals surface area contributed by atoms with Crippen molar-refractivity contribution in [2.45, 2.75) is 25.4 Å². The Kier molecular flexibility index (Phi) is 4.77. The highest BCUT2D eigenvalue weighted by molar-refractivity contribution is 9.11. The van der Waals surface area contributed by atoms with E-state index in [1.54, 1.807) is 11.3 Å². The normalized spacial score (nSPS) is 22.8. The van der Waals surface area contributed by atoms with E-state index in [1.807, 2.05) is 13.0 Å². The summed E-state index contributed by atoms with van der Waals surface area (Å²) in [5.41, 5.74) is 5.93. The standard InChI is InChI=1S/C12H18BrN3OS/c1-2-8-12(17)15-5-6-16(8)9(7-14)10-3-4-11(13)18-10/h3-4,8-9H,2,5-7,14H2,1H3,(H,15,17). The third-order valence-corrected chi connectivity index (χ3v) is 5.03. The van der Waals surface area contributed by atoms with Gasteiger partial charge in [-0.1, -0.05) is 6.92 Å². The first-order valence-corrected chi connectivity index (χ1v) is 7.77. The van der Waals surface area contributed by atoms with Crippen LogP contribution >= 0.6 is 27.3 Å². The van der Waals surface area contributed by atoms with Crippen molar-refractivity contribution < 1.29 is 4.79 Å². The van der Waals surface area contributed by atoms with Gasteiger partial charge in [-0.3, -0.25) is 9.69 Å². The molecule has 0 aliphatic carbocycles. The second-order valence-electron chi connectivity index (χ2n) is 4.35. The lowest BCUT2D eigenvalue weighted by molar-refractivity contribution is -0.130. The zero-order chi connectivity index (χ0) is 13.1. The van der Waals surface area contributed by atoms with Crippen LogP contribution in [-0.2, 0) is 4.79 Å². The van der Waals surface area contributed by atoms with Gasteiger partial charge < -0.3 is 11.1 Å². The van der Waals surface area contributed by atoms with Crippen molar-refractivity contribution in [3.05, 3.63) is 20.8 Å². The first kappa shape index (κ1) is 14.0. The smallest absolute Gasteiger partial charge is 0.237 e. The minimum Gasteiger partial charge on any atom is -0.353 e. The third-order valence-electron chi connectivity index (χ3n) is 3.30. The Morgan fingerprint density at radius 1 is 1.67 bits per heavy atom. The van der Waals surface area contributed by atoms with E-state index >= 15 is 0 Å². The Hall–Kier alpha value is -0.430. The highest BCUT2D eigenvalue weighted by atomic mass is 79.9. The first-order chi connectivity index (χ1) is 8.67. The molecule has 2 rings (SSSR count).